The van der Waals surface area contributed by atoms with Crippen molar-refractivity contribution >= 4 is 23.2 Å². The lowest BCUT2D eigenvalue weighted by molar-refractivity contribution is -0.176. The highest BCUT2D eigenvalue weighted by Gasteiger charge is 2.39. The Morgan fingerprint density at radius 2 is 1.82 bits per heavy atom. The normalized spacial score (nSPS) is 16.5. The minimum absolute atomic E-state index is 0. The molecule has 22 heavy (non-hydrogen) atoms. The summed E-state index contributed by atoms with van der Waals surface area (Å²) in [6, 6.07) is 14.7. The molecule has 0 spiro atoms. The van der Waals surface area contributed by atoms with Gasteiger partial charge in [-0.1, -0.05) is 36.4 Å². The molecule has 4 nitrogen and oxygen atoms in total. The highest BCUT2D eigenvalue weighted by Crippen LogP contribution is 2.34. The average molecular weight is 317 g/mol. The Balaban J connectivity index is 0.00000144. The average Bonchev–Trinajstić information content (AvgIpc) is 3.20. The van der Waals surface area contributed by atoms with Gasteiger partial charge in [0.2, 0.25) is 5.79 Å². The molecule has 4 rings (SSSR count). The van der Waals surface area contributed by atoms with Gasteiger partial charge in [0.05, 0.1) is 26.1 Å². The molecular weight excluding hydrogens is 300 g/mol. The third-order valence-electron chi connectivity index (χ3n) is 3.89. The standard InChI is InChI=1S/C17H16N2O2.ClH/c1-2-4-15-11-16(6-5-14(15)3-1)17(20-9-10-21-17)12-19-8-7-18-13-19;/h1-8,11,13H,9-10,12H2;1H. The van der Waals surface area contributed by atoms with Crippen LogP contribution in [0.2, 0.25) is 0 Å². The molecule has 1 aromatic heterocycles. The van der Waals surface area contributed by atoms with E-state index in [4.69, 9.17) is 9.47 Å². The molecule has 1 aliphatic heterocycles. The van der Waals surface area contributed by atoms with Gasteiger partial charge in [0.15, 0.2) is 0 Å². The molecule has 1 fully saturated rings. The van der Waals surface area contributed by atoms with E-state index in [0.29, 0.717) is 19.8 Å². The van der Waals surface area contributed by atoms with Crippen LogP contribution in [0.15, 0.2) is 61.2 Å². The molecular formula is C17H17ClN2O2. The number of imidazole rings is 1. The topological polar surface area (TPSA) is 36.3 Å². The quantitative estimate of drug-likeness (QED) is 0.743. The van der Waals surface area contributed by atoms with E-state index in [1.807, 2.05) is 22.9 Å². The first-order valence-corrected chi connectivity index (χ1v) is 7.09. The highest BCUT2D eigenvalue weighted by molar-refractivity contribution is 5.85. The molecule has 0 radical (unpaired) electrons. The number of aromatic nitrogens is 2. The van der Waals surface area contributed by atoms with Crippen LogP contribution in [-0.4, -0.2) is 22.8 Å². The summed E-state index contributed by atoms with van der Waals surface area (Å²) < 4.78 is 13.9. The van der Waals surface area contributed by atoms with E-state index in [-0.39, 0.29) is 12.4 Å². The number of nitrogens with zero attached hydrogens (tertiary/aromatic N) is 2. The van der Waals surface area contributed by atoms with Gasteiger partial charge < -0.3 is 14.0 Å². The molecule has 0 amide bonds. The van der Waals surface area contributed by atoms with Gasteiger partial charge in [-0.15, -0.1) is 12.4 Å². The van der Waals surface area contributed by atoms with Crippen molar-refractivity contribution in [1.29, 1.82) is 0 Å². The molecule has 0 bridgehead atoms. The minimum atomic E-state index is -0.718. The Kier molecular flexibility index (Phi) is 4.16. The maximum Gasteiger partial charge on any atom is 0.213 e. The van der Waals surface area contributed by atoms with Gasteiger partial charge in [0.25, 0.3) is 0 Å². The van der Waals surface area contributed by atoms with Gasteiger partial charge in [-0.05, 0) is 16.8 Å². The molecule has 2 heterocycles. The number of ether oxygens (including phenoxy) is 2. The van der Waals surface area contributed by atoms with Crippen LogP contribution in [0.4, 0.5) is 0 Å². The maximum atomic E-state index is 5.98. The lowest BCUT2D eigenvalue weighted by Gasteiger charge is -2.28. The number of fused-ring (bicyclic) bond motifs is 1. The maximum absolute atomic E-state index is 5.98. The Morgan fingerprint density at radius 1 is 1.05 bits per heavy atom. The zero-order chi connectivity index (χ0) is 14.1. The van der Waals surface area contributed by atoms with Crippen LogP contribution in [-0.2, 0) is 21.8 Å². The van der Waals surface area contributed by atoms with Gasteiger partial charge in [-0.2, -0.15) is 0 Å². The van der Waals surface area contributed by atoms with Crippen LogP contribution >= 0.6 is 12.4 Å². The van der Waals surface area contributed by atoms with Crippen LogP contribution in [0, 0.1) is 0 Å². The van der Waals surface area contributed by atoms with Gasteiger partial charge in [-0.25, -0.2) is 4.98 Å². The Morgan fingerprint density at radius 3 is 2.55 bits per heavy atom. The molecule has 3 aromatic rings. The van der Waals surface area contributed by atoms with Gasteiger partial charge >= 0.3 is 0 Å². The first kappa shape index (κ1) is 15.0. The first-order chi connectivity index (χ1) is 10.4. The SMILES string of the molecule is Cl.c1ccc2cc(C3(Cn4ccnc4)OCCO3)ccc2c1. The van der Waals surface area contributed by atoms with E-state index in [2.05, 4.69) is 35.3 Å². The molecule has 2 aromatic carbocycles. The Hall–Kier alpha value is -1.88. The van der Waals surface area contributed by atoms with Gasteiger partial charge in [0, 0.05) is 18.0 Å². The molecule has 0 atom stereocenters. The van der Waals surface area contributed by atoms with Crippen molar-refractivity contribution in [1.82, 2.24) is 9.55 Å². The van der Waals surface area contributed by atoms with Crippen LogP contribution in [0.25, 0.3) is 10.8 Å². The van der Waals surface area contributed by atoms with Crippen molar-refractivity contribution < 1.29 is 9.47 Å². The lowest BCUT2D eigenvalue weighted by atomic mass is 10.0. The smallest absolute Gasteiger partial charge is 0.213 e. The second-order valence-corrected chi connectivity index (χ2v) is 5.25. The van der Waals surface area contributed by atoms with E-state index in [9.17, 15) is 0 Å². The summed E-state index contributed by atoms with van der Waals surface area (Å²) in [6.45, 7) is 1.83. The first-order valence-electron chi connectivity index (χ1n) is 7.09. The lowest BCUT2D eigenvalue weighted by Crippen LogP contribution is -2.32. The summed E-state index contributed by atoms with van der Waals surface area (Å²) in [6.07, 6.45) is 5.48. The number of benzene rings is 2. The monoisotopic (exact) mass is 316 g/mol. The molecule has 0 saturated carbocycles. The summed E-state index contributed by atoms with van der Waals surface area (Å²) in [4.78, 5) is 4.09. The second kappa shape index (κ2) is 6.08. The van der Waals surface area contributed by atoms with Crippen LogP contribution < -0.4 is 0 Å². The van der Waals surface area contributed by atoms with Crippen molar-refractivity contribution in [2.24, 2.45) is 0 Å². The number of rotatable bonds is 3. The number of hydrogen-bond acceptors (Lipinski definition) is 3. The zero-order valence-electron chi connectivity index (χ0n) is 12.0. The van der Waals surface area contributed by atoms with Crippen LogP contribution in [0.5, 0.6) is 0 Å². The molecule has 114 valence electrons. The fourth-order valence-electron chi connectivity index (χ4n) is 2.85. The minimum Gasteiger partial charge on any atom is -0.342 e. The van der Waals surface area contributed by atoms with Crippen molar-refractivity contribution in [2.45, 2.75) is 12.3 Å². The molecule has 0 N–H and O–H groups in total. The molecule has 5 heteroatoms. The van der Waals surface area contributed by atoms with Gasteiger partial charge in [0.1, 0.15) is 0 Å². The summed E-state index contributed by atoms with van der Waals surface area (Å²) in [5, 5.41) is 2.41. The fraction of sp³-hybridized carbons (Fsp3) is 0.235. The molecule has 0 unspecified atom stereocenters. The predicted octanol–water partition coefficient (Wildman–Crippen LogP) is 3.36. The summed E-state index contributed by atoms with van der Waals surface area (Å²) >= 11 is 0. The third kappa shape index (κ3) is 2.61. The summed E-state index contributed by atoms with van der Waals surface area (Å²) in [5.41, 5.74) is 1.05. The second-order valence-electron chi connectivity index (χ2n) is 5.25. The Labute approximate surface area is 135 Å². The zero-order valence-corrected chi connectivity index (χ0v) is 12.8. The molecule has 1 saturated heterocycles. The van der Waals surface area contributed by atoms with E-state index < -0.39 is 5.79 Å². The summed E-state index contributed by atoms with van der Waals surface area (Å²) in [5.74, 6) is -0.718. The van der Waals surface area contributed by atoms with Crippen molar-refractivity contribution in [2.75, 3.05) is 13.2 Å². The number of halogens is 1. The molecule has 1 aliphatic rings. The van der Waals surface area contributed by atoms with Crippen LogP contribution in [0.1, 0.15) is 5.56 Å². The number of hydrogen-bond donors (Lipinski definition) is 0. The highest BCUT2D eigenvalue weighted by atomic mass is 35.5. The predicted molar refractivity (Wildman–Crippen MR) is 87.0 cm³/mol. The van der Waals surface area contributed by atoms with Crippen molar-refractivity contribution in [3.8, 4) is 0 Å². The third-order valence-corrected chi connectivity index (χ3v) is 3.89. The molecule has 0 aliphatic carbocycles. The van der Waals surface area contributed by atoms with E-state index in [0.717, 1.165) is 5.56 Å². The largest absolute Gasteiger partial charge is 0.342 e. The Bertz CT molecular complexity index is 752. The van der Waals surface area contributed by atoms with E-state index in [1.165, 1.54) is 10.8 Å². The van der Waals surface area contributed by atoms with Crippen molar-refractivity contribution in [3.63, 3.8) is 0 Å². The van der Waals surface area contributed by atoms with E-state index in [1.54, 1.807) is 12.5 Å². The fourth-order valence-corrected chi connectivity index (χ4v) is 2.85. The van der Waals surface area contributed by atoms with Crippen molar-refractivity contribution in [3.05, 3.63) is 66.7 Å². The van der Waals surface area contributed by atoms with E-state index >= 15 is 0 Å². The summed E-state index contributed by atoms with van der Waals surface area (Å²) in [7, 11) is 0. The van der Waals surface area contributed by atoms with Crippen LogP contribution in [0.3, 0.4) is 0 Å². The van der Waals surface area contributed by atoms with Gasteiger partial charge in [-0.3, -0.25) is 0 Å².